The van der Waals surface area contributed by atoms with Crippen LogP contribution in [0.5, 0.6) is 5.75 Å². The maximum atomic E-state index is 5.24. The van der Waals surface area contributed by atoms with Crippen LogP contribution in [0.15, 0.2) is 54.9 Å². The van der Waals surface area contributed by atoms with E-state index < -0.39 is 0 Å². The molecular formula is C16H16N2O. The zero-order valence-electron chi connectivity index (χ0n) is 10.9. The molecule has 19 heavy (non-hydrogen) atoms. The van der Waals surface area contributed by atoms with Gasteiger partial charge < -0.3 is 9.30 Å². The molecule has 0 aliphatic rings. The van der Waals surface area contributed by atoms with E-state index in [9.17, 15) is 0 Å². The summed E-state index contributed by atoms with van der Waals surface area (Å²) in [4.78, 5) is 4.35. The number of methoxy groups -OCH3 is 1. The van der Waals surface area contributed by atoms with Crippen LogP contribution in [-0.4, -0.2) is 16.7 Å². The van der Waals surface area contributed by atoms with Gasteiger partial charge in [0.25, 0.3) is 0 Å². The second kappa shape index (κ2) is 5.14. The largest absolute Gasteiger partial charge is 0.497 e. The van der Waals surface area contributed by atoms with Gasteiger partial charge in [-0.3, -0.25) is 4.98 Å². The molecule has 0 aliphatic carbocycles. The van der Waals surface area contributed by atoms with E-state index in [-0.39, 0.29) is 0 Å². The number of aryl methyl sites for hydroxylation is 2. The zero-order chi connectivity index (χ0) is 13.1. The monoisotopic (exact) mass is 252 g/mol. The van der Waals surface area contributed by atoms with Crippen molar-refractivity contribution in [1.82, 2.24) is 9.55 Å². The molecule has 1 aromatic carbocycles. The van der Waals surface area contributed by atoms with Gasteiger partial charge in [0.2, 0.25) is 0 Å². The molecule has 0 amide bonds. The van der Waals surface area contributed by atoms with Crippen molar-refractivity contribution in [1.29, 1.82) is 0 Å². The highest BCUT2D eigenvalue weighted by atomic mass is 16.5. The van der Waals surface area contributed by atoms with Gasteiger partial charge in [-0.25, -0.2) is 0 Å². The van der Waals surface area contributed by atoms with Crippen LogP contribution in [0.4, 0.5) is 0 Å². The Balaban J connectivity index is 1.82. The number of pyridine rings is 1. The van der Waals surface area contributed by atoms with Crippen molar-refractivity contribution in [3.63, 3.8) is 0 Å². The van der Waals surface area contributed by atoms with Crippen LogP contribution in [-0.2, 0) is 13.0 Å². The second-order valence-electron chi connectivity index (χ2n) is 4.50. The number of rotatable bonds is 4. The van der Waals surface area contributed by atoms with E-state index in [2.05, 4.69) is 40.0 Å². The fourth-order valence-corrected chi connectivity index (χ4v) is 2.28. The fourth-order valence-electron chi connectivity index (χ4n) is 2.28. The minimum atomic E-state index is 0.898. The Bertz CT molecular complexity index is 674. The Kier molecular flexibility index (Phi) is 3.19. The molecule has 0 atom stereocenters. The Morgan fingerprint density at radius 1 is 1.16 bits per heavy atom. The zero-order valence-corrected chi connectivity index (χ0v) is 10.9. The van der Waals surface area contributed by atoms with E-state index in [1.54, 1.807) is 7.11 Å². The van der Waals surface area contributed by atoms with E-state index >= 15 is 0 Å². The Morgan fingerprint density at radius 2 is 2.11 bits per heavy atom. The molecule has 0 radical (unpaired) electrons. The van der Waals surface area contributed by atoms with Crippen LogP contribution in [0.2, 0.25) is 0 Å². The van der Waals surface area contributed by atoms with E-state index in [0.717, 1.165) is 24.4 Å². The third kappa shape index (κ3) is 2.45. The Hall–Kier alpha value is -2.29. The van der Waals surface area contributed by atoms with Crippen molar-refractivity contribution in [2.24, 2.45) is 0 Å². The summed E-state index contributed by atoms with van der Waals surface area (Å²) in [5.41, 5.74) is 2.36. The van der Waals surface area contributed by atoms with Gasteiger partial charge in [-0.1, -0.05) is 6.07 Å². The number of fused-ring (bicyclic) bond motifs is 1. The molecular weight excluding hydrogens is 236 g/mol. The van der Waals surface area contributed by atoms with Gasteiger partial charge in [0, 0.05) is 42.0 Å². The molecule has 0 saturated heterocycles. The summed E-state index contributed by atoms with van der Waals surface area (Å²) in [5, 5.41) is 1.21. The molecule has 0 aliphatic heterocycles. The molecule has 0 fully saturated rings. The highest BCUT2D eigenvalue weighted by molar-refractivity contribution is 5.81. The number of nitrogens with zero attached hydrogens (tertiary/aromatic N) is 2. The number of ether oxygens (including phenoxy) is 1. The molecule has 3 nitrogen and oxygen atoms in total. The highest BCUT2D eigenvalue weighted by Gasteiger charge is 2.03. The number of aromatic nitrogens is 2. The van der Waals surface area contributed by atoms with E-state index in [4.69, 9.17) is 4.74 Å². The molecule has 96 valence electrons. The molecule has 0 spiro atoms. The van der Waals surface area contributed by atoms with Crippen LogP contribution in [0, 0.1) is 0 Å². The first-order valence-corrected chi connectivity index (χ1v) is 6.39. The Labute approximate surface area is 112 Å². The average molecular weight is 252 g/mol. The minimum Gasteiger partial charge on any atom is -0.497 e. The molecule has 0 bridgehead atoms. The summed E-state index contributed by atoms with van der Waals surface area (Å²) in [6, 6.07) is 14.3. The second-order valence-corrected chi connectivity index (χ2v) is 4.50. The minimum absolute atomic E-state index is 0.898. The van der Waals surface area contributed by atoms with Crippen LogP contribution in [0.3, 0.4) is 0 Å². The standard InChI is InChI=1S/C16H16N2O/c1-19-15-5-6-16-13(12-15)7-10-18(16)11-8-14-4-2-3-9-17-14/h2-7,9-10,12H,8,11H2,1H3. The lowest BCUT2D eigenvalue weighted by Gasteiger charge is -2.06. The van der Waals surface area contributed by atoms with Gasteiger partial charge in [0.15, 0.2) is 0 Å². The first-order chi connectivity index (χ1) is 9.36. The maximum absolute atomic E-state index is 5.24. The number of hydrogen-bond donors (Lipinski definition) is 0. The molecule has 2 aromatic heterocycles. The van der Waals surface area contributed by atoms with Crippen LogP contribution in [0.1, 0.15) is 5.69 Å². The lowest BCUT2D eigenvalue weighted by Crippen LogP contribution is -2.00. The highest BCUT2D eigenvalue weighted by Crippen LogP contribution is 2.21. The SMILES string of the molecule is COc1ccc2c(ccn2CCc2ccccn2)c1. The summed E-state index contributed by atoms with van der Waals surface area (Å²) in [6.45, 7) is 0.937. The van der Waals surface area contributed by atoms with E-state index in [1.807, 2.05) is 24.4 Å². The van der Waals surface area contributed by atoms with Crippen molar-refractivity contribution < 1.29 is 4.74 Å². The van der Waals surface area contributed by atoms with Gasteiger partial charge in [-0.2, -0.15) is 0 Å². The molecule has 0 saturated carbocycles. The van der Waals surface area contributed by atoms with Gasteiger partial charge in [0.05, 0.1) is 7.11 Å². The van der Waals surface area contributed by atoms with Crippen molar-refractivity contribution in [2.75, 3.05) is 7.11 Å². The number of benzene rings is 1. The molecule has 3 heteroatoms. The summed E-state index contributed by atoms with van der Waals surface area (Å²) < 4.78 is 7.50. The van der Waals surface area contributed by atoms with Crippen LogP contribution < -0.4 is 4.74 Å². The summed E-state index contributed by atoms with van der Waals surface area (Å²) in [7, 11) is 1.69. The van der Waals surface area contributed by atoms with Gasteiger partial charge in [-0.15, -0.1) is 0 Å². The smallest absolute Gasteiger partial charge is 0.119 e. The third-order valence-electron chi connectivity index (χ3n) is 3.31. The fraction of sp³-hybridized carbons (Fsp3) is 0.188. The first-order valence-electron chi connectivity index (χ1n) is 6.39. The average Bonchev–Trinajstić information content (AvgIpc) is 2.88. The van der Waals surface area contributed by atoms with Crippen LogP contribution in [0.25, 0.3) is 10.9 Å². The van der Waals surface area contributed by atoms with Gasteiger partial charge in [-0.05, 0) is 36.4 Å². The molecule has 3 aromatic rings. The van der Waals surface area contributed by atoms with Gasteiger partial charge in [0.1, 0.15) is 5.75 Å². The predicted octanol–water partition coefficient (Wildman–Crippen LogP) is 3.29. The molecule has 0 N–H and O–H groups in total. The normalized spacial score (nSPS) is 10.8. The van der Waals surface area contributed by atoms with Gasteiger partial charge >= 0.3 is 0 Å². The topological polar surface area (TPSA) is 27.1 Å². The van der Waals surface area contributed by atoms with E-state index in [0.29, 0.717) is 0 Å². The molecule has 0 unspecified atom stereocenters. The lowest BCUT2D eigenvalue weighted by atomic mass is 10.2. The molecule has 3 rings (SSSR count). The predicted molar refractivity (Wildman–Crippen MR) is 76.4 cm³/mol. The summed E-state index contributed by atoms with van der Waals surface area (Å²) in [6.07, 6.45) is 4.90. The van der Waals surface area contributed by atoms with E-state index in [1.165, 1.54) is 10.9 Å². The number of hydrogen-bond acceptors (Lipinski definition) is 2. The maximum Gasteiger partial charge on any atom is 0.119 e. The van der Waals surface area contributed by atoms with Crippen molar-refractivity contribution >= 4 is 10.9 Å². The van der Waals surface area contributed by atoms with Crippen molar-refractivity contribution in [3.8, 4) is 5.75 Å². The summed E-state index contributed by atoms with van der Waals surface area (Å²) >= 11 is 0. The summed E-state index contributed by atoms with van der Waals surface area (Å²) in [5.74, 6) is 0.898. The lowest BCUT2D eigenvalue weighted by molar-refractivity contribution is 0.415. The van der Waals surface area contributed by atoms with Crippen LogP contribution >= 0.6 is 0 Å². The first kappa shape index (κ1) is 11.8. The quantitative estimate of drug-likeness (QED) is 0.712. The Morgan fingerprint density at radius 3 is 2.89 bits per heavy atom. The van der Waals surface area contributed by atoms with Crippen molar-refractivity contribution in [3.05, 3.63) is 60.6 Å². The third-order valence-corrected chi connectivity index (χ3v) is 3.31. The molecule has 2 heterocycles. The van der Waals surface area contributed by atoms with Crippen molar-refractivity contribution in [2.45, 2.75) is 13.0 Å².